The van der Waals surface area contributed by atoms with Gasteiger partial charge in [0.05, 0.1) is 6.04 Å². The quantitative estimate of drug-likeness (QED) is 0.869. The largest absolute Gasteiger partial charge is 0.435 e. The number of carbonyl (C=O) groups excluding carboxylic acids is 1. The molecule has 0 spiro atoms. The summed E-state index contributed by atoms with van der Waals surface area (Å²) in [6, 6.07) is 4.76. The number of fused-ring (bicyclic) bond motifs is 1. The van der Waals surface area contributed by atoms with Gasteiger partial charge in [-0.05, 0) is 55.9 Å². The molecule has 0 fully saturated rings. The number of alkyl halides is 2. The molecule has 4 nitrogen and oxygen atoms in total. The number of rotatable bonds is 5. The normalized spacial score (nSPS) is 18.5. The Hall–Kier alpha value is -1.85. The molecule has 22 heavy (non-hydrogen) atoms. The van der Waals surface area contributed by atoms with Crippen LogP contribution in [0.15, 0.2) is 18.2 Å². The van der Waals surface area contributed by atoms with Crippen LogP contribution in [-0.4, -0.2) is 18.7 Å². The van der Waals surface area contributed by atoms with Gasteiger partial charge < -0.3 is 15.4 Å². The Balaban J connectivity index is 2.06. The van der Waals surface area contributed by atoms with Crippen LogP contribution < -0.4 is 15.4 Å². The Morgan fingerprint density at radius 3 is 2.91 bits per heavy atom. The summed E-state index contributed by atoms with van der Waals surface area (Å²) in [6.45, 7) is 1.13. The van der Waals surface area contributed by atoms with Gasteiger partial charge in [0, 0.05) is 6.04 Å². The summed E-state index contributed by atoms with van der Waals surface area (Å²) in [7, 11) is 0. The highest BCUT2D eigenvalue weighted by Gasteiger charge is 2.23. The van der Waals surface area contributed by atoms with Crippen LogP contribution in [0, 0.1) is 0 Å². The highest BCUT2D eigenvalue weighted by atomic mass is 19.3. The van der Waals surface area contributed by atoms with Crippen LogP contribution in [0.5, 0.6) is 5.75 Å². The van der Waals surface area contributed by atoms with Crippen molar-refractivity contribution >= 4 is 6.03 Å². The van der Waals surface area contributed by atoms with Crippen LogP contribution in [0.25, 0.3) is 0 Å². The summed E-state index contributed by atoms with van der Waals surface area (Å²) >= 11 is 0. The van der Waals surface area contributed by atoms with E-state index in [0.29, 0.717) is 0 Å². The average Bonchev–Trinajstić information content (AvgIpc) is 2.46. The van der Waals surface area contributed by atoms with E-state index in [1.54, 1.807) is 12.1 Å². The number of halogens is 2. The van der Waals surface area contributed by atoms with Crippen molar-refractivity contribution in [2.24, 2.45) is 0 Å². The molecular formula is C16H22F2N2O2. The Kier molecular flexibility index (Phi) is 5.57. The van der Waals surface area contributed by atoms with Crippen LogP contribution in [0.4, 0.5) is 13.6 Å². The first-order valence-electron chi connectivity index (χ1n) is 7.64. The van der Waals surface area contributed by atoms with Crippen LogP contribution in [0.1, 0.15) is 50.3 Å². The summed E-state index contributed by atoms with van der Waals surface area (Å²) in [4.78, 5) is 12.0. The molecule has 1 aliphatic rings. The van der Waals surface area contributed by atoms with E-state index in [-0.39, 0.29) is 23.9 Å². The predicted octanol–water partition coefficient (Wildman–Crippen LogP) is 3.76. The molecule has 1 aromatic carbocycles. The van der Waals surface area contributed by atoms with Crippen LogP contribution in [0.2, 0.25) is 0 Å². The molecule has 122 valence electrons. The maximum absolute atomic E-state index is 12.3. The predicted molar refractivity (Wildman–Crippen MR) is 80.2 cm³/mol. The Morgan fingerprint density at radius 1 is 1.45 bits per heavy atom. The lowest BCUT2D eigenvalue weighted by molar-refractivity contribution is -0.0499. The molecule has 1 aliphatic carbocycles. The molecule has 0 radical (unpaired) electrons. The van der Waals surface area contributed by atoms with E-state index >= 15 is 0 Å². The lowest BCUT2D eigenvalue weighted by Crippen LogP contribution is -2.42. The molecule has 2 atom stereocenters. The third-order valence-electron chi connectivity index (χ3n) is 3.95. The van der Waals surface area contributed by atoms with E-state index in [4.69, 9.17) is 0 Å². The highest BCUT2D eigenvalue weighted by molar-refractivity contribution is 5.74. The number of aryl methyl sites for hydroxylation is 1. The van der Waals surface area contributed by atoms with Crippen LogP contribution >= 0.6 is 0 Å². The van der Waals surface area contributed by atoms with E-state index < -0.39 is 6.61 Å². The molecule has 0 saturated heterocycles. The van der Waals surface area contributed by atoms with Crippen molar-refractivity contribution in [1.29, 1.82) is 0 Å². The lowest BCUT2D eigenvalue weighted by Gasteiger charge is -2.27. The van der Waals surface area contributed by atoms with Crippen LogP contribution in [0.3, 0.4) is 0 Å². The number of ether oxygens (including phenoxy) is 1. The van der Waals surface area contributed by atoms with Gasteiger partial charge in [-0.3, -0.25) is 0 Å². The van der Waals surface area contributed by atoms with Crippen LogP contribution in [-0.2, 0) is 6.42 Å². The molecule has 2 amide bonds. The van der Waals surface area contributed by atoms with Gasteiger partial charge >= 0.3 is 12.6 Å². The second-order valence-electron chi connectivity index (χ2n) is 5.61. The molecule has 1 aromatic rings. The highest BCUT2D eigenvalue weighted by Crippen LogP contribution is 2.32. The van der Waals surface area contributed by atoms with E-state index in [1.807, 2.05) is 13.8 Å². The molecule has 0 aromatic heterocycles. The zero-order valence-electron chi connectivity index (χ0n) is 12.9. The number of benzene rings is 1. The fraction of sp³-hybridized carbons (Fsp3) is 0.562. The zero-order chi connectivity index (χ0) is 16.1. The van der Waals surface area contributed by atoms with Gasteiger partial charge in [0.2, 0.25) is 0 Å². The average molecular weight is 312 g/mol. The van der Waals surface area contributed by atoms with Crippen molar-refractivity contribution in [2.45, 2.75) is 58.2 Å². The summed E-state index contributed by atoms with van der Waals surface area (Å²) in [5.74, 6) is 0.165. The topological polar surface area (TPSA) is 50.4 Å². The smallest absolute Gasteiger partial charge is 0.387 e. The van der Waals surface area contributed by atoms with Gasteiger partial charge in [-0.25, -0.2) is 4.79 Å². The van der Waals surface area contributed by atoms with E-state index in [9.17, 15) is 13.6 Å². The van der Waals surface area contributed by atoms with E-state index in [2.05, 4.69) is 15.4 Å². The first-order chi connectivity index (χ1) is 10.5. The van der Waals surface area contributed by atoms with Gasteiger partial charge in [0.25, 0.3) is 0 Å². The summed E-state index contributed by atoms with van der Waals surface area (Å²) in [6.07, 6.45) is 3.42. The number of carbonyl (C=O) groups is 1. The number of amides is 2. The second-order valence-corrected chi connectivity index (χ2v) is 5.61. The molecule has 0 heterocycles. The minimum atomic E-state index is -2.82. The molecular weight excluding hydrogens is 290 g/mol. The Morgan fingerprint density at radius 2 is 2.23 bits per heavy atom. The molecule has 6 heteroatoms. The molecule has 2 unspecified atom stereocenters. The minimum absolute atomic E-state index is 0.0894. The summed E-state index contributed by atoms with van der Waals surface area (Å²) < 4.78 is 29.0. The van der Waals surface area contributed by atoms with Crippen molar-refractivity contribution in [3.8, 4) is 5.75 Å². The zero-order valence-corrected chi connectivity index (χ0v) is 12.9. The van der Waals surface area contributed by atoms with E-state index in [0.717, 1.165) is 36.8 Å². The van der Waals surface area contributed by atoms with Gasteiger partial charge in [-0.2, -0.15) is 8.78 Å². The SMILES string of the molecule is CCC(C)NC(=O)NC1CCCc2cc(OC(F)F)ccc21. The van der Waals surface area contributed by atoms with Crippen molar-refractivity contribution in [2.75, 3.05) is 0 Å². The molecule has 0 saturated carbocycles. The second kappa shape index (κ2) is 7.42. The van der Waals surface area contributed by atoms with Gasteiger partial charge in [-0.15, -0.1) is 0 Å². The standard InChI is InChI=1S/C16H22F2N2O2/c1-3-10(2)19-16(21)20-14-6-4-5-11-9-12(22-15(17)18)7-8-13(11)14/h7-10,14-15H,3-6H2,1-2H3,(H2,19,20,21). The van der Waals surface area contributed by atoms with Gasteiger partial charge in [-0.1, -0.05) is 13.0 Å². The Bertz CT molecular complexity index is 523. The third kappa shape index (κ3) is 4.32. The summed E-state index contributed by atoms with van der Waals surface area (Å²) in [5.41, 5.74) is 1.94. The number of nitrogens with one attached hydrogen (secondary N) is 2. The number of hydrogen-bond donors (Lipinski definition) is 2. The molecule has 2 N–H and O–H groups in total. The van der Waals surface area contributed by atoms with E-state index in [1.165, 1.54) is 6.07 Å². The van der Waals surface area contributed by atoms with Crippen molar-refractivity contribution in [1.82, 2.24) is 10.6 Å². The third-order valence-corrected chi connectivity index (χ3v) is 3.95. The number of urea groups is 1. The molecule has 2 rings (SSSR count). The fourth-order valence-electron chi connectivity index (χ4n) is 2.64. The maximum Gasteiger partial charge on any atom is 0.387 e. The Labute approximate surface area is 129 Å². The van der Waals surface area contributed by atoms with Crippen molar-refractivity contribution in [3.05, 3.63) is 29.3 Å². The minimum Gasteiger partial charge on any atom is -0.435 e. The van der Waals surface area contributed by atoms with Gasteiger partial charge in [0.1, 0.15) is 5.75 Å². The molecule has 0 aliphatic heterocycles. The lowest BCUT2D eigenvalue weighted by atomic mass is 9.87. The van der Waals surface area contributed by atoms with Crippen molar-refractivity contribution in [3.63, 3.8) is 0 Å². The van der Waals surface area contributed by atoms with Gasteiger partial charge in [0.15, 0.2) is 0 Å². The monoisotopic (exact) mass is 312 g/mol. The molecule has 0 bridgehead atoms. The summed E-state index contributed by atoms with van der Waals surface area (Å²) in [5, 5.41) is 5.83. The van der Waals surface area contributed by atoms with Crippen molar-refractivity contribution < 1.29 is 18.3 Å². The fourth-order valence-corrected chi connectivity index (χ4v) is 2.64. The number of hydrogen-bond acceptors (Lipinski definition) is 2. The first-order valence-corrected chi connectivity index (χ1v) is 7.64. The maximum atomic E-state index is 12.3. The first kappa shape index (κ1) is 16.5.